The molecule has 1 rings (SSSR count). The van der Waals surface area contributed by atoms with Gasteiger partial charge in [-0.15, -0.1) is 0 Å². The van der Waals surface area contributed by atoms with Gasteiger partial charge >= 0.3 is 6.09 Å². The van der Waals surface area contributed by atoms with Gasteiger partial charge in [-0.2, -0.15) is 0 Å². The lowest BCUT2D eigenvalue weighted by molar-refractivity contribution is 0.0534. The number of phenols is 1. The maximum atomic E-state index is 11.4. The highest BCUT2D eigenvalue weighted by atomic mass is 16.6. The summed E-state index contributed by atoms with van der Waals surface area (Å²) in [5.41, 5.74) is 0.374. The zero-order chi connectivity index (χ0) is 15.9. The number of amides is 1. The highest BCUT2D eigenvalue weighted by molar-refractivity contribution is 5.68. The van der Waals surface area contributed by atoms with Crippen molar-refractivity contribution in [3.05, 3.63) is 29.8 Å². The standard InChI is InChI=1S/C16H23NO4/c1-5-20-14-11-12(8-9-13(14)18)7-6-10-17-15(19)21-16(2,3)4/h6-9,11,18H,5,10H2,1-4H3,(H,17,19). The fraction of sp³-hybridized carbons (Fsp3) is 0.438. The Morgan fingerprint density at radius 1 is 1.38 bits per heavy atom. The van der Waals surface area contributed by atoms with Crippen LogP contribution in [0.4, 0.5) is 4.79 Å². The second-order valence-electron chi connectivity index (χ2n) is 5.45. The smallest absolute Gasteiger partial charge is 0.407 e. The molecule has 0 atom stereocenters. The molecule has 0 unspecified atom stereocenters. The van der Waals surface area contributed by atoms with E-state index >= 15 is 0 Å². The molecule has 116 valence electrons. The zero-order valence-corrected chi connectivity index (χ0v) is 13.0. The predicted molar refractivity (Wildman–Crippen MR) is 82.5 cm³/mol. The first-order chi connectivity index (χ1) is 9.81. The second kappa shape index (κ2) is 7.57. The van der Waals surface area contributed by atoms with E-state index in [1.807, 2.05) is 33.8 Å². The van der Waals surface area contributed by atoms with Gasteiger partial charge in [0.15, 0.2) is 11.5 Å². The van der Waals surface area contributed by atoms with E-state index in [4.69, 9.17) is 9.47 Å². The van der Waals surface area contributed by atoms with E-state index < -0.39 is 11.7 Å². The summed E-state index contributed by atoms with van der Waals surface area (Å²) in [4.78, 5) is 11.4. The van der Waals surface area contributed by atoms with Crippen LogP contribution < -0.4 is 10.1 Å². The molecule has 0 fully saturated rings. The summed E-state index contributed by atoms with van der Waals surface area (Å²) < 4.78 is 10.4. The average Bonchev–Trinajstić information content (AvgIpc) is 2.36. The average molecular weight is 293 g/mol. The minimum absolute atomic E-state index is 0.112. The van der Waals surface area contributed by atoms with Crippen molar-refractivity contribution in [3.8, 4) is 11.5 Å². The number of aromatic hydroxyl groups is 1. The summed E-state index contributed by atoms with van der Waals surface area (Å²) >= 11 is 0. The van der Waals surface area contributed by atoms with Crippen molar-refractivity contribution in [1.29, 1.82) is 0 Å². The summed E-state index contributed by atoms with van der Waals surface area (Å²) in [5.74, 6) is 0.556. The van der Waals surface area contributed by atoms with Gasteiger partial charge in [-0.1, -0.05) is 18.2 Å². The summed E-state index contributed by atoms with van der Waals surface area (Å²) in [6.45, 7) is 8.14. The second-order valence-corrected chi connectivity index (χ2v) is 5.45. The summed E-state index contributed by atoms with van der Waals surface area (Å²) in [5, 5.41) is 12.2. The van der Waals surface area contributed by atoms with Crippen LogP contribution in [-0.4, -0.2) is 30.0 Å². The third-order valence-corrected chi connectivity index (χ3v) is 2.36. The SMILES string of the molecule is CCOc1cc(C=CCNC(=O)OC(C)(C)C)ccc1O. The molecule has 0 aliphatic heterocycles. The molecule has 0 saturated carbocycles. The topological polar surface area (TPSA) is 67.8 Å². The molecule has 5 nitrogen and oxygen atoms in total. The van der Waals surface area contributed by atoms with Gasteiger partial charge < -0.3 is 19.9 Å². The maximum absolute atomic E-state index is 11.4. The van der Waals surface area contributed by atoms with Crippen molar-refractivity contribution in [1.82, 2.24) is 5.32 Å². The number of benzene rings is 1. The molecule has 0 aromatic heterocycles. The van der Waals surface area contributed by atoms with Crippen LogP contribution in [0.15, 0.2) is 24.3 Å². The van der Waals surface area contributed by atoms with E-state index in [1.54, 1.807) is 24.3 Å². The third-order valence-electron chi connectivity index (χ3n) is 2.36. The van der Waals surface area contributed by atoms with Crippen molar-refractivity contribution in [3.63, 3.8) is 0 Å². The van der Waals surface area contributed by atoms with Crippen molar-refractivity contribution in [2.24, 2.45) is 0 Å². The van der Waals surface area contributed by atoms with E-state index in [9.17, 15) is 9.90 Å². The van der Waals surface area contributed by atoms with Gasteiger partial charge in [0.1, 0.15) is 5.60 Å². The molecule has 2 N–H and O–H groups in total. The molecule has 1 aromatic carbocycles. The van der Waals surface area contributed by atoms with Crippen LogP contribution in [0.1, 0.15) is 33.3 Å². The van der Waals surface area contributed by atoms with Crippen LogP contribution in [0.3, 0.4) is 0 Å². The largest absolute Gasteiger partial charge is 0.504 e. The number of carbonyl (C=O) groups excluding carboxylic acids is 1. The normalized spacial score (nSPS) is 11.4. The van der Waals surface area contributed by atoms with Gasteiger partial charge in [-0.05, 0) is 45.4 Å². The summed E-state index contributed by atoms with van der Waals surface area (Å²) in [7, 11) is 0. The Balaban J connectivity index is 2.50. The van der Waals surface area contributed by atoms with E-state index in [2.05, 4.69) is 5.32 Å². The molecular formula is C16H23NO4. The van der Waals surface area contributed by atoms with Crippen molar-refractivity contribution >= 4 is 12.2 Å². The first kappa shape index (κ1) is 16.9. The first-order valence-corrected chi connectivity index (χ1v) is 6.91. The Morgan fingerprint density at radius 3 is 2.71 bits per heavy atom. The summed E-state index contributed by atoms with van der Waals surface area (Å²) in [6.07, 6.45) is 3.18. The van der Waals surface area contributed by atoms with Crippen LogP contribution in [0, 0.1) is 0 Å². The van der Waals surface area contributed by atoms with E-state index in [0.717, 1.165) is 5.56 Å². The van der Waals surface area contributed by atoms with E-state index in [0.29, 0.717) is 18.9 Å². The monoisotopic (exact) mass is 293 g/mol. The Labute approximate surface area is 125 Å². The lowest BCUT2D eigenvalue weighted by Gasteiger charge is -2.19. The minimum Gasteiger partial charge on any atom is -0.504 e. The van der Waals surface area contributed by atoms with E-state index in [1.165, 1.54) is 0 Å². The number of ether oxygens (including phenoxy) is 2. The van der Waals surface area contributed by atoms with Crippen LogP contribution in [0.5, 0.6) is 11.5 Å². The Hall–Kier alpha value is -2.17. The maximum Gasteiger partial charge on any atom is 0.407 e. The first-order valence-electron chi connectivity index (χ1n) is 6.91. The number of hydrogen-bond donors (Lipinski definition) is 2. The number of alkyl carbamates (subject to hydrolysis) is 1. The summed E-state index contributed by atoms with van der Waals surface area (Å²) in [6, 6.07) is 5.08. The molecule has 0 aliphatic carbocycles. The fourth-order valence-electron chi connectivity index (χ4n) is 1.56. The van der Waals surface area contributed by atoms with Gasteiger partial charge in [0.2, 0.25) is 0 Å². The highest BCUT2D eigenvalue weighted by Gasteiger charge is 2.14. The fourth-order valence-corrected chi connectivity index (χ4v) is 1.56. The number of nitrogens with one attached hydrogen (secondary N) is 1. The molecule has 21 heavy (non-hydrogen) atoms. The molecule has 1 amide bonds. The quantitative estimate of drug-likeness (QED) is 0.873. The molecule has 0 saturated heterocycles. The zero-order valence-electron chi connectivity index (χ0n) is 13.0. The molecule has 0 spiro atoms. The molecular weight excluding hydrogens is 270 g/mol. The number of phenolic OH excluding ortho intramolecular Hbond substituents is 1. The van der Waals surface area contributed by atoms with Crippen molar-refractivity contribution in [2.75, 3.05) is 13.2 Å². The number of rotatable bonds is 5. The van der Waals surface area contributed by atoms with Crippen LogP contribution in [0.2, 0.25) is 0 Å². The lowest BCUT2D eigenvalue weighted by Crippen LogP contribution is -2.32. The third kappa shape index (κ3) is 6.70. The van der Waals surface area contributed by atoms with Gasteiger partial charge in [0.25, 0.3) is 0 Å². The molecule has 5 heteroatoms. The molecule has 0 aliphatic rings. The number of hydrogen-bond acceptors (Lipinski definition) is 4. The van der Waals surface area contributed by atoms with Gasteiger partial charge in [-0.25, -0.2) is 4.79 Å². The van der Waals surface area contributed by atoms with Gasteiger partial charge in [-0.3, -0.25) is 0 Å². The van der Waals surface area contributed by atoms with Crippen molar-refractivity contribution < 1.29 is 19.4 Å². The minimum atomic E-state index is -0.503. The Morgan fingerprint density at radius 2 is 2.10 bits per heavy atom. The molecule has 1 aromatic rings. The molecule has 0 heterocycles. The Kier molecular flexibility index (Phi) is 6.09. The van der Waals surface area contributed by atoms with Crippen LogP contribution >= 0.6 is 0 Å². The predicted octanol–water partition coefficient (Wildman–Crippen LogP) is 3.33. The highest BCUT2D eigenvalue weighted by Crippen LogP contribution is 2.27. The van der Waals surface area contributed by atoms with Crippen molar-refractivity contribution in [2.45, 2.75) is 33.3 Å². The van der Waals surface area contributed by atoms with Gasteiger partial charge in [0, 0.05) is 6.54 Å². The Bertz CT molecular complexity index is 503. The van der Waals surface area contributed by atoms with Crippen LogP contribution in [0.25, 0.3) is 6.08 Å². The molecule has 0 radical (unpaired) electrons. The van der Waals surface area contributed by atoms with Crippen LogP contribution in [-0.2, 0) is 4.74 Å². The number of carbonyl (C=O) groups is 1. The molecule has 0 bridgehead atoms. The van der Waals surface area contributed by atoms with E-state index in [-0.39, 0.29) is 5.75 Å². The lowest BCUT2D eigenvalue weighted by atomic mass is 10.2. The van der Waals surface area contributed by atoms with Gasteiger partial charge in [0.05, 0.1) is 6.61 Å².